The second-order valence-corrected chi connectivity index (χ2v) is 4.46. The maximum absolute atomic E-state index is 12.0. The van der Waals surface area contributed by atoms with Crippen LogP contribution in [0.15, 0.2) is 53.7 Å². The molecule has 1 aliphatic carbocycles. The molecule has 0 aromatic heterocycles. The van der Waals surface area contributed by atoms with Gasteiger partial charge in [-0.2, -0.15) is 0 Å². The Labute approximate surface area is 103 Å². The number of carbonyl (C=O) groups is 1. The van der Waals surface area contributed by atoms with Crippen LogP contribution in [-0.2, 0) is 0 Å². The van der Waals surface area contributed by atoms with Crippen molar-refractivity contribution in [3.8, 4) is 0 Å². The van der Waals surface area contributed by atoms with E-state index in [4.69, 9.17) is 0 Å². The standard InChI is InChI=1S/C16H9NO/c18-15-7-8-17-14-6-5-12-11-4-2-1-3-10(11)9-13(12)16(14)15/h1-9H. The molecule has 0 amide bonds. The molecule has 0 spiro atoms. The molecule has 0 fully saturated rings. The van der Waals surface area contributed by atoms with Gasteiger partial charge in [-0.15, -0.1) is 0 Å². The molecule has 2 nitrogen and oxygen atoms in total. The SMILES string of the molecule is O=C1C=CN=c2ccc3c(c21)C=c1ccccc1=3. The van der Waals surface area contributed by atoms with E-state index in [0.29, 0.717) is 0 Å². The summed E-state index contributed by atoms with van der Waals surface area (Å²) < 4.78 is 0. The number of rotatable bonds is 0. The predicted molar refractivity (Wildman–Crippen MR) is 68.4 cm³/mol. The normalized spacial score (nSPS) is 14.3. The molecule has 2 heteroatoms. The minimum atomic E-state index is 0.0425. The van der Waals surface area contributed by atoms with Gasteiger partial charge in [-0.05, 0) is 33.4 Å². The highest BCUT2D eigenvalue weighted by Crippen LogP contribution is 2.15. The second-order valence-electron chi connectivity index (χ2n) is 4.46. The predicted octanol–water partition coefficient (Wildman–Crippen LogP) is 1.45. The second kappa shape index (κ2) is 3.26. The highest BCUT2D eigenvalue weighted by atomic mass is 16.1. The molecule has 0 N–H and O–H groups in total. The Balaban J connectivity index is 2.29. The maximum Gasteiger partial charge on any atom is 0.190 e. The molecule has 0 radical (unpaired) electrons. The average molecular weight is 231 g/mol. The summed E-state index contributed by atoms with van der Waals surface area (Å²) in [6.45, 7) is 0. The van der Waals surface area contributed by atoms with Gasteiger partial charge >= 0.3 is 0 Å². The highest BCUT2D eigenvalue weighted by molar-refractivity contribution is 6.07. The van der Waals surface area contributed by atoms with E-state index in [1.165, 1.54) is 16.5 Å². The third kappa shape index (κ3) is 1.12. The van der Waals surface area contributed by atoms with Gasteiger partial charge < -0.3 is 0 Å². The quantitative estimate of drug-likeness (QED) is 0.575. The van der Waals surface area contributed by atoms with E-state index < -0.39 is 0 Å². The molecule has 1 aliphatic heterocycles. The number of allylic oxidation sites excluding steroid dienone is 1. The lowest BCUT2D eigenvalue weighted by atomic mass is 10.0. The number of ketones is 1. The van der Waals surface area contributed by atoms with Gasteiger partial charge in [0.25, 0.3) is 0 Å². The Bertz CT molecular complexity index is 936. The molecule has 18 heavy (non-hydrogen) atoms. The van der Waals surface area contributed by atoms with Gasteiger partial charge in [-0.3, -0.25) is 9.79 Å². The molecule has 0 saturated heterocycles. The fourth-order valence-corrected chi connectivity index (χ4v) is 2.65. The van der Waals surface area contributed by atoms with Crippen LogP contribution in [0.1, 0.15) is 15.9 Å². The zero-order valence-electron chi connectivity index (χ0n) is 9.55. The number of carbonyl (C=O) groups excluding carboxylic acids is 1. The first-order valence-electron chi connectivity index (χ1n) is 5.87. The Morgan fingerprint density at radius 1 is 0.944 bits per heavy atom. The third-order valence-electron chi connectivity index (χ3n) is 3.46. The van der Waals surface area contributed by atoms with Gasteiger partial charge in [0.2, 0.25) is 0 Å². The van der Waals surface area contributed by atoms with Crippen molar-refractivity contribution < 1.29 is 4.79 Å². The molecular formula is C16H9NO. The van der Waals surface area contributed by atoms with Gasteiger partial charge in [0.1, 0.15) is 0 Å². The molecule has 0 unspecified atom stereocenters. The molecule has 1 heterocycles. The minimum Gasteiger partial charge on any atom is -0.289 e. The van der Waals surface area contributed by atoms with Crippen molar-refractivity contribution in [3.05, 3.63) is 80.8 Å². The van der Waals surface area contributed by atoms with Crippen LogP contribution in [0.25, 0.3) is 6.08 Å². The summed E-state index contributed by atoms with van der Waals surface area (Å²) in [6, 6.07) is 12.2. The topological polar surface area (TPSA) is 29.4 Å². The van der Waals surface area contributed by atoms with Crippen LogP contribution in [0.3, 0.4) is 0 Å². The summed E-state index contributed by atoms with van der Waals surface area (Å²) in [7, 11) is 0. The van der Waals surface area contributed by atoms with E-state index in [9.17, 15) is 4.79 Å². The van der Waals surface area contributed by atoms with Gasteiger partial charge in [0.05, 0.1) is 10.9 Å². The molecule has 4 rings (SSSR count). The van der Waals surface area contributed by atoms with Gasteiger partial charge in [0, 0.05) is 12.3 Å². The zero-order valence-corrected chi connectivity index (χ0v) is 9.55. The lowest BCUT2D eigenvalue weighted by Gasteiger charge is -2.05. The average Bonchev–Trinajstić information content (AvgIpc) is 2.77. The summed E-state index contributed by atoms with van der Waals surface area (Å²) in [5.74, 6) is 0.0425. The van der Waals surface area contributed by atoms with E-state index in [1.807, 2.05) is 24.3 Å². The van der Waals surface area contributed by atoms with E-state index in [0.717, 1.165) is 21.7 Å². The summed E-state index contributed by atoms with van der Waals surface area (Å²) in [4.78, 5) is 16.3. The van der Waals surface area contributed by atoms with Crippen LogP contribution in [0.2, 0.25) is 0 Å². The Kier molecular flexibility index (Phi) is 1.73. The van der Waals surface area contributed by atoms with Crippen molar-refractivity contribution in [2.75, 3.05) is 0 Å². The molecule has 0 bridgehead atoms. The minimum absolute atomic E-state index is 0.0425. The van der Waals surface area contributed by atoms with E-state index >= 15 is 0 Å². The van der Waals surface area contributed by atoms with Crippen LogP contribution in [0.4, 0.5) is 0 Å². The number of benzene rings is 2. The van der Waals surface area contributed by atoms with Crippen LogP contribution in [0, 0.1) is 10.4 Å². The number of hydrogen-bond acceptors (Lipinski definition) is 2. The monoisotopic (exact) mass is 231 g/mol. The molecule has 84 valence electrons. The third-order valence-corrected chi connectivity index (χ3v) is 3.46. The van der Waals surface area contributed by atoms with Crippen molar-refractivity contribution in [1.82, 2.24) is 0 Å². The van der Waals surface area contributed by atoms with Crippen LogP contribution in [-0.4, -0.2) is 5.78 Å². The fourth-order valence-electron chi connectivity index (χ4n) is 2.65. The molecule has 0 atom stereocenters. The molecule has 2 aromatic carbocycles. The Morgan fingerprint density at radius 3 is 2.78 bits per heavy atom. The molecule has 2 aliphatic rings. The van der Waals surface area contributed by atoms with Crippen molar-refractivity contribution >= 4 is 11.9 Å². The largest absolute Gasteiger partial charge is 0.289 e. The molecule has 0 saturated carbocycles. The fraction of sp³-hybridized carbons (Fsp3) is 0. The van der Waals surface area contributed by atoms with Crippen molar-refractivity contribution in [3.63, 3.8) is 0 Å². The van der Waals surface area contributed by atoms with Crippen molar-refractivity contribution in [2.24, 2.45) is 4.99 Å². The Hall–Kier alpha value is -2.48. The summed E-state index contributed by atoms with van der Waals surface area (Å²) >= 11 is 0. The number of nitrogens with zero attached hydrogens (tertiary/aromatic N) is 1. The first-order valence-corrected chi connectivity index (χ1v) is 5.87. The van der Waals surface area contributed by atoms with Crippen molar-refractivity contribution in [2.45, 2.75) is 0 Å². The smallest absolute Gasteiger partial charge is 0.190 e. The lowest BCUT2D eigenvalue weighted by Crippen LogP contribution is -2.18. The van der Waals surface area contributed by atoms with E-state index in [1.54, 1.807) is 6.20 Å². The summed E-state index contributed by atoms with van der Waals surface area (Å²) in [5.41, 5.74) is 1.73. The Morgan fingerprint density at radius 2 is 1.83 bits per heavy atom. The van der Waals surface area contributed by atoms with Gasteiger partial charge in [-0.25, -0.2) is 0 Å². The number of fused-ring (bicyclic) bond motifs is 4. The molecule has 2 aromatic rings. The van der Waals surface area contributed by atoms with Gasteiger partial charge in [0.15, 0.2) is 5.78 Å². The zero-order chi connectivity index (χ0) is 12.1. The first kappa shape index (κ1) is 9.54. The number of hydrogen-bond donors (Lipinski definition) is 0. The van der Waals surface area contributed by atoms with E-state index in [2.05, 4.69) is 23.2 Å². The summed E-state index contributed by atoms with van der Waals surface area (Å²) in [6.07, 6.45) is 5.18. The summed E-state index contributed by atoms with van der Waals surface area (Å²) in [5, 5.41) is 4.26. The molecular weight excluding hydrogens is 222 g/mol. The van der Waals surface area contributed by atoms with E-state index in [-0.39, 0.29) is 5.78 Å². The van der Waals surface area contributed by atoms with Crippen molar-refractivity contribution in [1.29, 1.82) is 0 Å². The lowest BCUT2D eigenvalue weighted by molar-refractivity contribution is 0.104. The first-order chi connectivity index (χ1) is 8.84. The highest BCUT2D eigenvalue weighted by Gasteiger charge is 2.16. The van der Waals surface area contributed by atoms with Crippen LogP contribution < -0.4 is 10.6 Å². The van der Waals surface area contributed by atoms with Gasteiger partial charge in [-0.1, -0.05) is 30.3 Å². The van der Waals surface area contributed by atoms with Crippen LogP contribution in [0.5, 0.6) is 0 Å². The van der Waals surface area contributed by atoms with Crippen LogP contribution >= 0.6 is 0 Å². The maximum atomic E-state index is 12.0.